The lowest BCUT2D eigenvalue weighted by Crippen LogP contribution is -2.70. The second kappa shape index (κ2) is 15.9. The Morgan fingerprint density at radius 2 is 0.865 bits per heavy atom. The van der Waals surface area contributed by atoms with Crippen molar-refractivity contribution in [3.05, 3.63) is 105 Å². The minimum absolute atomic E-state index is 0.0432. The smallest absolute Gasteiger partial charge is 0.198 e. The number of ketones is 1. The van der Waals surface area contributed by atoms with Gasteiger partial charge in [-0.15, -0.1) is 0 Å². The molecule has 6 rings (SSSR count). The molecule has 2 aromatic carbocycles. The van der Waals surface area contributed by atoms with Crippen molar-refractivity contribution in [2.45, 2.75) is 23.9 Å². The zero-order valence-corrected chi connectivity index (χ0v) is 32.3. The summed E-state index contributed by atoms with van der Waals surface area (Å²) in [6.45, 7) is 5.16. The van der Waals surface area contributed by atoms with Crippen LogP contribution in [-0.2, 0) is 33.2 Å². The van der Waals surface area contributed by atoms with E-state index in [1.54, 1.807) is 42.7 Å². The van der Waals surface area contributed by atoms with Crippen LogP contribution in [0.2, 0.25) is 10.0 Å². The van der Waals surface area contributed by atoms with Crippen molar-refractivity contribution in [3.63, 3.8) is 0 Å². The normalized spacial score (nSPS) is 24.6. The molecule has 0 amide bonds. The lowest BCUT2D eigenvalue weighted by atomic mass is 9.70. The van der Waals surface area contributed by atoms with Crippen LogP contribution in [0, 0.1) is 0 Å². The molecule has 280 valence electrons. The quantitative estimate of drug-likeness (QED) is 0.261. The second-order valence-electron chi connectivity index (χ2n) is 13.2. The number of halogens is 2. The highest BCUT2D eigenvalue weighted by molar-refractivity contribution is 6.30. The zero-order chi connectivity index (χ0) is 37.0. The van der Waals surface area contributed by atoms with Gasteiger partial charge in [0, 0.05) is 86.6 Å². The van der Waals surface area contributed by atoms with Gasteiger partial charge in [0.1, 0.15) is 22.6 Å². The van der Waals surface area contributed by atoms with Gasteiger partial charge in [-0.2, -0.15) is 0 Å². The molecule has 2 heterocycles. The van der Waals surface area contributed by atoms with Gasteiger partial charge in [0.25, 0.3) is 0 Å². The number of carbonyl (C=O) groups excluding carboxylic acids is 1. The summed E-state index contributed by atoms with van der Waals surface area (Å²) in [6.07, 6.45) is 4.35. The summed E-state index contributed by atoms with van der Waals surface area (Å²) in [5.74, 6) is 2.83. The molecule has 0 N–H and O–H groups in total. The van der Waals surface area contributed by atoms with E-state index in [9.17, 15) is 0 Å². The maximum Gasteiger partial charge on any atom is 0.198 e. The summed E-state index contributed by atoms with van der Waals surface area (Å²) < 4.78 is 35.5. The van der Waals surface area contributed by atoms with Gasteiger partial charge in [-0.05, 0) is 60.7 Å². The molecule has 0 spiro atoms. The first-order chi connectivity index (χ1) is 25.2. The third kappa shape index (κ3) is 6.91. The average Bonchev–Trinajstić information content (AvgIpc) is 3.20. The maximum absolute atomic E-state index is 16.2. The molecule has 0 bridgehead atoms. The summed E-state index contributed by atoms with van der Waals surface area (Å²) >= 11 is 12.4. The third-order valence-electron chi connectivity index (χ3n) is 10.8. The van der Waals surface area contributed by atoms with E-state index in [1.807, 2.05) is 60.7 Å². The number of hydrogen-bond donors (Lipinski definition) is 0. The van der Waals surface area contributed by atoms with Crippen LogP contribution in [0.5, 0.6) is 0 Å². The van der Waals surface area contributed by atoms with Crippen LogP contribution in [0.4, 0.5) is 11.4 Å². The predicted octanol–water partition coefficient (Wildman–Crippen LogP) is 5.86. The first kappa shape index (κ1) is 37.7. The lowest BCUT2D eigenvalue weighted by molar-refractivity contribution is -0.141. The minimum Gasteiger partial charge on any atom is -0.497 e. The molecular weight excluding hydrogens is 707 g/mol. The molecule has 2 saturated heterocycles. The van der Waals surface area contributed by atoms with E-state index in [2.05, 4.69) is 19.6 Å². The molecule has 2 aromatic rings. The van der Waals surface area contributed by atoms with Crippen molar-refractivity contribution in [1.29, 1.82) is 0 Å². The number of Topliss-reactive ketones (excluding diaryl/α,β-unsaturated/α-hetero) is 1. The Hall–Kier alpha value is -4.03. The molecule has 0 aromatic heterocycles. The standard InChI is InChI=1S/C39H48Cl2N4O7/c1-47-31-23-38(24-32(48-2)35(31)51-5,44-19-15-42(16-20-44)29-11-7-27(40)8-12-29)37(46)39(25-33(49-3)36(52-6)34(26-39)50-4)45-21-17-43(18-22-45)30-13-9-28(41)10-14-30/h7-14,23,25H,15-22,24,26H2,1-6H3. The van der Waals surface area contributed by atoms with Crippen molar-refractivity contribution < 1.29 is 33.2 Å². The highest BCUT2D eigenvalue weighted by Crippen LogP contribution is 2.46. The zero-order valence-electron chi connectivity index (χ0n) is 30.7. The van der Waals surface area contributed by atoms with Crippen molar-refractivity contribution in [3.8, 4) is 0 Å². The molecule has 2 aliphatic heterocycles. The van der Waals surface area contributed by atoms with E-state index >= 15 is 4.79 Å². The molecule has 2 atom stereocenters. The van der Waals surface area contributed by atoms with Gasteiger partial charge in [-0.25, -0.2) is 0 Å². The molecule has 11 nitrogen and oxygen atoms in total. The molecule has 2 unspecified atom stereocenters. The number of hydrogen-bond acceptors (Lipinski definition) is 11. The van der Waals surface area contributed by atoms with Gasteiger partial charge in [-0.1, -0.05) is 23.2 Å². The topological polar surface area (TPSA) is 85.4 Å². The van der Waals surface area contributed by atoms with Gasteiger partial charge in [0.15, 0.2) is 28.8 Å². The van der Waals surface area contributed by atoms with Gasteiger partial charge < -0.3 is 38.2 Å². The van der Waals surface area contributed by atoms with Crippen LogP contribution in [0.1, 0.15) is 12.8 Å². The van der Waals surface area contributed by atoms with E-state index in [0.717, 1.165) is 11.4 Å². The third-order valence-corrected chi connectivity index (χ3v) is 11.3. The Labute approximate surface area is 316 Å². The second-order valence-corrected chi connectivity index (χ2v) is 14.1. The van der Waals surface area contributed by atoms with Crippen LogP contribution in [-0.4, -0.2) is 122 Å². The van der Waals surface area contributed by atoms with E-state index in [4.69, 9.17) is 51.6 Å². The van der Waals surface area contributed by atoms with Crippen LogP contribution in [0.3, 0.4) is 0 Å². The predicted molar refractivity (Wildman–Crippen MR) is 202 cm³/mol. The monoisotopic (exact) mass is 754 g/mol. The molecule has 52 heavy (non-hydrogen) atoms. The Morgan fingerprint density at radius 1 is 0.519 bits per heavy atom. The van der Waals surface area contributed by atoms with Crippen molar-refractivity contribution in [1.82, 2.24) is 9.80 Å². The minimum atomic E-state index is -1.20. The number of benzene rings is 2. The average molecular weight is 756 g/mol. The molecule has 2 aliphatic carbocycles. The maximum atomic E-state index is 16.2. The van der Waals surface area contributed by atoms with Crippen molar-refractivity contribution in [2.24, 2.45) is 0 Å². The number of rotatable bonds is 12. The number of ether oxygens (including phenoxy) is 6. The SMILES string of the molecule is COC1=CC(C(=O)C2(N3CCN(c4ccc(Cl)cc4)CC3)C=C(OC)C(OC)=C(OC)C2)(N2CCN(c3ccc(Cl)cc3)CC2)CC(OC)=C1OC. The lowest BCUT2D eigenvalue weighted by Gasteiger charge is -2.54. The fraction of sp³-hybridized carbons (Fsp3) is 0.462. The largest absolute Gasteiger partial charge is 0.497 e. The van der Waals surface area contributed by atoms with Crippen LogP contribution < -0.4 is 9.80 Å². The summed E-state index contributed by atoms with van der Waals surface area (Å²) in [7, 11) is 9.55. The molecular formula is C39H48Cl2N4O7. The van der Waals surface area contributed by atoms with Gasteiger partial charge in [-0.3, -0.25) is 14.6 Å². The van der Waals surface area contributed by atoms with Crippen molar-refractivity contribution >= 4 is 40.4 Å². The van der Waals surface area contributed by atoms with Gasteiger partial charge in [0.05, 0.1) is 42.7 Å². The number of carbonyl (C=O) groups is 1. The number of methoxy groups -OCH3 is 6. The highest BCUT2D eigenvalue weighted by atomic mass is 35.5. The Kier molecular flexibility index (Phi) is 11.5. The van der Waals surface area contributed by atoms with E-state index in [-0.39, 0.29) is 18.6 Å². The Morgan fingerprint density at radius 3 is 1.15 bits per heavy atom. The van der Waals surface area contributed by atoms with Crippen LogP contribution in [0.25, 0.3) is 0 Å². The summed E-state index contributed by atoms with van der Waals surface area (Å²) in [5.41, 5.74) is -0.233. The van der Waals surface area contributed by atoms with Crippen molar-refractivity contribution in [2.75, 3.05) is 105 Å². The van der Waals surface area contributed by atoms with Crippen LogP contribution in [0.15, 0.2) is 95.2 Å². The Bertz CT molecular complexity index is 1600. The highest BCUT2D eigenvalue weighted by Gasteiger charge is 2.59. The summed E-state index contributed by atoms with van der Waals surface area (Å²) in [5, 5.41) is 1.38. The summed E-state index contributed by atoms with van der Waals surface area (Å²) in [6, 6.07) is 15.7. The number of nitrogens with zero attached hydrogens (tertiary/aromatic N) is 4. The van der Waals surface area contributed by atoms with E-state index < -0.39 is 11.1 Å². The number of anilines is 2. The Balaban J connectivity index is 1.44. The molecule has 13 heteroatoms. The van der Waals surface area contributed by atoms with E-state index in [1.165, 1.54) is 0 Å². The molecule has 4 aliphatic rings. The number of piperazine rings is 2. The molecule has 0 saturated carbocycles. The first-order valence-electron chi connectivity index (χ1n) is 17.4. The molecule has 2 fully saturated rings. The fourth-order valence-corrected chi connectivity index (χ4v) is 8.30. The fourth-order valence-electron chi connectivity index (χ4n) is 8.04. The van der Waals surface area contributed by atoms with Crippen LogP contribution >= 0.6 is 23.2 Å². The first-order valence-corrected chi connectivity index (χ1v) is 18.1. The molecule has 0 radical (unpaired) electrons. The van der Waals surface area contributed by atoms with Gasteiger partial charge >= 0.3 is 0 Å². The van der Waals surface area contributed by atoms with E-state index in [0.29, 0.717) is 97.0 Å². The van der Waals surface area contributed by atoms with Gasteiger partial charge in [0.2, 0.25) is 0 Å². The summed E-state index contributed by atoms with van der Waals surface area (Å²) in [4.78, 5) is 25.4.